The largest absolute Gasteiger partial charge is 0.306 e. The quantitative estimate of drug-likeness (QED) is 0.794. The van der Waals surface area contributed by atoms with Crippen LogP contribution < -0.4 is 5.32 Å². The minimum absolute atomic E-state index is 0.397. The minimum atomic E-state index is 0.397. The first kappa shape index (κ1) is 9.71. The SMILES string of the molecule is CC(NC1CC1(C)C)c1ccnn1C. The van der Waals surface area contributed by atoms with Crippen molar-refractivity contribution in [3.63, 3.8) is 0 Å². The van der Waals surface area contributed by atoms with E-state index < -0.39 is 0 Å². The van der Waals surface area contributed by atoms with E-state index in [2.05, 4.69) is 37.3 Å². The summed E-state index contributed by atoms with van der Waals surface area (Å²) in [6, 6.07) is 3.15. The summed E-state index contributed by atoms with van der Waals surface area (Å²) >= 11 is 0. The summed E-state index contributed by atoms with van der Waals surface area (Å²) in [5.74, 6) is 0. The summed E-state index contributed by atoms with van der Waals surface area (Å²) in [5, 5.41) is 7.80. The normalized spacial score (nSPS) is 26.1. The maximum absolute atomic E-state index is 4.18. The zero-order valence-corrected chi connectivity index (χ0v) is 9.41. The maximum atomic E-state index is 4.18. The zero-order chi connectivity index (χ0) is 10.3. The fourth-order valence-corrected chi connectivity index (χ4v) is 1.95. The highest BCUT2D eigenvalue weighted by Crippen LogP contribution is 2.45. The van der Waals surface area contributed by atoms with Crippen LogP contribution in [0.3, 0.4) is 0 Å². The highest BCUT2D eigenvalue weighted by molar-refractivity contribution is 5.09. The van der Waals surface area contributed by atoms with Crippen LogP contribution in [0.25, 0.3) is 0 Å². The standard InChI is InChI=1S/C11H19N3/c1-8(9-5-6-12-14(9)4)13-10-7-11(10,2)3/h5-6,8,10,13H,7H2,1-4H3. The zero-order valence-electron chi connectivity index (χ0n) is 9.41. The molecule has 0 aromatic carbocycles. The Morgan fingerprint density at radius 3 is 2.71 bits per heavy atom. The first-order valence-electron chi connectivity index (χ1n) is 5.24. The van der Waals surface area contributed by atoms with Gasteiger partial charge in [0.15, 0.2) is 0 Å². The van der Waals surface area contributed by atoms with Crippen LogP contribution in [0, 0.1) is 5.41 Å². The van der Waals surface area contributed by atoms with Gasteiger partial charge in [0.1, 0.15) is 0 Å². The Morgan fingerprint density at radius 2 is 2.29 bits per heavy atom. The van der Waals surface area contributed by atoms with E-state index in [9.17, 15) is 0 Å². The molecule has 1 saturated carbocycles. The Bertz CT molecular complexity index is 327. The van der Waals surface area contributed by atoms with Crippen LogP contribution in [0.5, 0.6) is 0 Å². The van der Waals surface area contributed by atoms with Gasteiger partial charge in [-0.2, -0.15) is 5.10 Å². The molecule has 3 nitrogen and oxygen atoms in total. The molecule has 1 aromatic heterocycles. The average molecular weight is 193 g/mol. The van der Waals surface area contributed by atoms with E-state index in [1.165, 1.54) is 12.1 Å². The molecule has 0 amide bonds. The van der Waals surface area contributed by atoms with E-state index in [1.54, 1.807) is 0 Å². The van der Waals surface area contributed by atoms with E-state index in [0.29, 0.717) is 17.5 Å². The van der Waals surface area contributed by atoms with Gasteiger partial charge in [-0.3, -0.25) is 4.68 Å². The van der Waals surface area contributed by atoms with E-state index in [0.717, 1.165) is 0 Å². The van der Waals surface area contributed by atoms with Crippen molar-refractivity contribution in [2.45, 2.75) is 39.3 Å². The van der Waals surface area contributed by atoms with Gasteiger partial charge in [0.2, 0.25) is 0 Å². The second kappa shape index (κ2) is 3.09. The third-order valence-electron chi connectivity index (χ3n) is 3.27. The molecule has 2 atom stereocenters. The molecule has 1 fully saturated rings. The van der Waals surface area contributed by atoms with Crippen molar-refractivity contribution in [1.82, 2.24) is 15.1 Å². The molecule has 14 heavy (non-hydrogen) atoms. The summed E-state index contributed by atoms with van der Waals surface area (Å²) in [4.78, 5) is 0. The van der Waals surface area contributed by atoms with Crippen LogP contribution in [-0.4, -0.2) is 15.8 Å². The van der Waals surface area contributed by atoms with E-state index in [1.807, 2.05) is 17.9 Å². The van der Waals surface area contributed by atoms with Gasteiger partial charge < -0.3 is 5.32 Å². The summed E-state index contributed by atoms with van der Waals surface area (Å²) in [5.41, 5.74) is 1.75. The molecule has 78 valence electrons. The molecule has 0 bridgehead atoms. The number of aromatic nitrogens is 2. The van der Waals surface area contributed by atoms with Gasteiger partial charge in [0.05, 0.1) is 5.69 Å². The van der Waals surface area contributed by atoms with Crippen LogP contribution in [0.15, 0.2) is 12.3 Å². The number of rotatable bonds is 3. The predicted octanol–water partition coefficient (Wildman–Crippen LogP) is 1.87. The van der Waals surface area contributed by atoms with Crippen molar-refractivity contribution in [3.05, 3.63) is 18.0 Å². The molecule has 1 N–H and O–H groups in total. The second-order valence-electron chi connectivity index (χ2n) is 5.01. The maximum Gasteiger partial charge on any atom is 0.0547 e. The van der Waals surface area contributed by atoms with Gasteiger partial charge in [-0.15, -0.1) is 0 Å². The summed E-state index contributed by atoms with van der Waals surface area (Å²) in [6.07, 6.45) is 3.14. The number of nitrogens with zero attached hydrogens (tertiary/aromatic N) is 2. The molecule has 3 heteroatoms. The lowest BCUT2D eigenvalue weighted by molar-refractivity contribution is 0.472. The van der Waals surface area contributed by atoms with E-state index in [4.69, 9.17) is 0 Å². The Balaban J connectivity index is 1.97. The fourth-order valence-electron chi connectivity index (χ4n) is 1.95. The number of aryl methyl sites for hydroxylation is 1. The smallest absolute Gasteiger partial charge is 0.0547 e. The van der Waals surface area contributed by atoms with Gasteiger partial charge in [0, 0.05) is 25.3 Å². The van der Waals surface area contributed by atoms with Gasteiger partial charge in [0.25, 0.3) is 0 Å². The highest BCUT2D eigenvalue weighted by Gasteiger charge is 2.46. The lowest BCUT2D eigenvalue weighted by atomic mass is 10.1. The van der Waals surface area contributed by atoms with Crippen LogP contribution in [-0.2, 0) is 7.05 Å². The van der Waals surface area contributed by atoms with Crippen molar-refractivity contribution in [2.75, 3.05) is 0 Å². The first-order chi connectivity index (χ1) is 6.50. The molecule has 2 unspecified atom stereocenters. The number of hydrogen-bond donors (Lipinski definition) is 1. The van der Waals surface area contributed by atoms with Gasteiger partial charge >= 0.3 is 0 Å². The third kappa shape index (κ3) is 1.69. The molecular formula is C11H19N3. The lowest BCUT2D eigenvalue weighted by Gasteiger charge is -2.15. The highest BCUT2D eigenvalue weighted by atomic mass is 15.3. The van der Waals surface area contributed by atoms with Crippen LogP contribution in [0.4, 0.5) is 0 Å². The van der Waals surface area contributed by atoms with Crippen LogP contribution >= 0.6 is 0 Å². The molecule has 0 aliphatic heterocycles. The monoisotopic (exact) mass is 193 g/mol. The number of nitrogens with one attached hydrogen (secondary N) is 1. The summed E-state index contributed by atoms with van der Waals surface area (Å²) in [6.45, 7) is 6.81. The summed E-state index contributed by atoms with van der Waals surface area (Å²) in [7, 11) is 1.99. The molecule has 1 aromatic rings. The van der Waals surface area contributed by atoms with Crippen molar-refractivity contribution in [3.8, 4) is 0 Å². The number of hydrogen-bond acceptors (Lipinski definition) is 2. The molecule has 1 aliphatic rings. The molecular weight excluding hydrogens is 174 g/mol. The Morgan fingerprint density at radius 1 is 1.64 bits per heavy atom. The molecule has 1 aliphatic carbocycles. The molecule has 0 spiro atoms. The topological polar surface area (TPSA) is 29.9 Å². The van der Waals surface area contributed by atoms with Crippen molar-refractivity contribution < 1.29 is 0 Å². The molecule has 2 rings (SSSR count). The van der Waals surface area contributed by atoms with Gasteiger partial charge in [-0.05, 0) is 24.8 Å². The Hall–Kier alpha value is -0.830. The van der Waals surface area contributed by atoms with Gasteiger partial charge in [-0.1, -0.05) is 13.8 Å². The average Bonchev–Trinajstić information content (AvgIpc) is 2.53. The van der Waals surface area contributed by atoms with Crippen LogP contribution in [0.1, 0.15) is 38.9 Å². The van der Waals surface area contributed by atoms with E-state index in [-0.39, 0.29) is 0 Å². The molecule has 0 radical (unpaired) electrons. The fraction of sp³-hybridized carbons (Fsp3) is 0.727. The van der Waals surface area contributed by atoms with Gasteiger partial charge in [-0.25, -0.2) is 0 Å². The van der Waals surface area contributed by atoms with Crippen molar-refractivity contribution >= 4 is 0 Å². The summed E-state index contributed by atoms with van der Waals surface area (Å²) < 4.78 is 1.94. The van der Waals surface area contributed by atoms with Crippen LogP contribution in [0.2, 0.25) is 0 Å². The second-order valence-corrected chi connectivity index (χ2v) is 5.01. The Kier molecular flexibility index (Phi) is 2.14. The third-order valence-corrected chi connectivity index (χ3v) is 3.27. The minimum Gasteiger partial charge on any atom is -0.306 e. The van der Waals surface area contributed by atoms with E-state index >= 15 is 0 Å². The first-order valence-corrected chi connectivity index (χ1v) is 5.24. The lowest BCUT2D eigenvalue weighted by Crippen LogP contribution is -2.25. The van der Waals surface area contributed by atoms with Crippen molar-refractivity contribution in [1.29, 1.82) is 0 Å². The molecule has 0 saturated heterocycles. The Labute approximate surface area is 85.5 Å². The predicted molar refractivity (Wildman–Crippen MR) is 56.9 cm³/mol. The van der Waals surface area contributed by atoms with Crippen molar-refractivity contribution in [2.24, 2.45) is 12.5 Å². The molecule has 1 heterocycles.